The fraction of sp³-hybridized carbons (Fsp3) is 0.136. The van der Waals surface area contributed by atoms with E-state index in [2.05, 4.69) is 37.2 Å². The molecule has 3 nitrogen and oxygen atoms in total. The zero-order valence-electron chi connectivity index (χ0n) is 15.0. The molecule has 29 heavy (non-hydrogen) atoms. The molecule has 3 aromatic rings. The van der Waals surface area contributed by atoms with Gasteiger partial charge < -0.3 is 5.11 Å². The number of aliphatic imine (C=N–C) groups is 1. The molecular formula is C22H16Br2Cl2N2O. The molecule has 0 saturated heterocycles. The molecule has 0 amide bonds. The van der Waals surface area contributed by atoms with Crippen LogP contribution < -0.4 is 5.32 Å². The number of hydrogen-bond donors (Lipinski definition) is 2. The summed E-state index contributed by atoms with van der Waals surface area (Å²) in [6.07, 6.45) is 0.267. The van der Waals surface area contributed by atoms with Gasteiger partial charge in [-0.25, -0.2) is 0 Å². The van der Waals surface area contributed by atoms with Crippen molar-refractivity contribution in [3.8, 4) is 5.75 Å². The average Bonchev–Trinajstić information content (AvgIpc) is 2.70. The summed E-state index contributed by atoms with van der Waals surface area (Å²) in [6, 6.07) is 18.8. The molecule has 1 heterocycles. The van der Waals surface area contributed by atoms with Gasteiger partial charge in [0.15, 0.2) is 0 Å². The Hall–Kier alpha value is -1.37. The van der Waals surface area contributed by atoms with Crippen molar-refractivity contribution in [2.24, 2.45) is 4.99 Å². The van der Waals surface area contributed by atoms with Crippen LogP contribution in [0.25, 0.3) is 0 Å². The van der Waals surface area contributed by atoms with Crippen LogP contribution in [-0.4, -0.2) is 10.8 Å². The van der Waals surface area contributed by atoms with Gasteiger partial charge in [-0.15, -0.1) is 0 Å². The third kappa shape index (κ3) is 4.70. The molecule has 4 rings (SSSR count). The Kier molecular flexibility index (Phi) is 6.32. The average molecular weight is 555 g/mol. The van der Waals surface area contributed by atoms with E-state index in [0.29, 0.717) is 16.5 Å². The molecule has 2 atom stereocenters. The molecule has 2 N–H and O–H groups in total. The Morgan fingerprint density at radius 3 is 2.34 bits per heavy atom. The van der Waals surface area contributed by atoms with Crippen LogP contribution in [0.3, 0.4) is 0 Å². The van der Waals surface area contributed by atoms with E-state index in [-0.39, 0.29) is 18.0 Å². The monoisotopic (exact) mass is 552 g/mol. The van der Waals surface area contributed by atoms with E-state index in [1.165, 1.54) is 0 Å². The van der Waals surface area contributed by atoms with Crippen LogP contribution in [0.4, 0.5) is 0 Å². The topological polar surface area (TPSA) is 44.6 Å². The Balaban J connectivity index is 1.79. The van der Waals surface area contributed by atoms with E-state index in [9.17, 15) is 5.11 Å². The third-order valence-electron chi connectivity index (χ3n) is 4.84. The molecule has 0 aliphatic carbocycles. The first-order valence-corrected chi connectivity index (χ1v) is 11.3. The maximum absolute atomic E-state index is 10.5. The quantitative estimate of drug-likeness (QED) is 0.353. The zero-order valence-corrected chi connectivity index (χ0v) is 19.7. The number of nitrogens with one attached hydrogen (secondary N) is 1. The predicted molar refractivity (Wildman–Crippen MR) is 126 cm³/mol. The van der Waals surface area contributed by atoms with Gasteiger partial charge in [0.2, 0.25) is 0 Å². The molecule has 1 aliphatic heterocycles. The Labute approximate surface area is 196 Å². The first kappa shape index (κ1) is 20.9. The fourth-order valence-electron chi connectivity index (χ4n) is 3.41. The van der Waals surface area contributed by atoms with Crippen molar-refractivity contribution < 1.29 is 5.11 Å². The maximum atomic E-state index is 10.5. The van der Waals surface area contributed by atoms with Crippen molar-refractivity contribution in [1.29, 1.82) is 0 Å². The van der Waals surface area contributed by atoms with Crippen molar-refractivity contribution in [2.45, 2.75) is 18.6 Å². The minimum Gasteiger partial charge on any atom is -0.508 e. The van der Waals surface area contributed by atoms with E-state index >= 15 is 0 Å². The summed E-state index contributed by atoms with van der Waals surface area (Å²) in [5.41, 5.74) is 3.62. The molecule has 0 spiro atoms. The highest BCUT2D eigenvalue weighted by molar-refractivity contribution is 9.10. The van der Waals surface area contributed by atoms with Gasteiger partial charge in [-0.1, -0.05) is 73.3 Å². The van der Waals surface area contributed by atoms with Gasteiger partial charge in [0.1, 0.15) is 11.9 Å². The molecule has 0 radical (unpaired) electrons. The van der Waals surface area contributed by atoms with E-state index in [4.69, 9.17) is 28.2 Å². The molecule has 7 heteroatoms. The summed E-state index contributed by atoms with van der Waals surface area (Å²) in [6.45, 7) is 0. The maximum Gasteiger partial charge on any atom is 0.127 e. The summed E-state index contributed by atoms with van der Waals surface area (Å²) in [5, 5.41) is 15.1. The summed E-state index contributed by atoms with van der Waals surface area (Å²) in [7, 11) is 0. The highest BCUT2D eigenvalue weighted by atomic mass is 79.9. The molecule has 3 aromatic carbocycles. The van der Waals surface area contributed by atoms with Gasteiger partial charge in [0, 0.05) is 48.3 Å². The molecule has 0 aromatic heterocycles. The lowest BCUT2D eigenvalue weighted by atomic mass is 9.93. The molecule has 0 fully saturated rings. The van der Waals surface area contributed by atoms with Crippen LogP contribution in [0.1, 0.15) is 35.3 Å². The van der Waals surface area contributed by atoms with Crippen LogP contribution in [0, 0.1) is 0 Å². The number of halogens is 4. The van der Waals surface area contributed by atoms with E-state index < -0.39 is 0 Å². The number of aromatic hydroxyl groups is 1. The minimum absolute atomic E-state index is 0.139. The molecule has 0 saturated carbocycles. The number of phenolic OH excluding ortho intramolecular Hbond substituents is 1. The van der Waals surface area contributed by atoms with Crippen molar-refractivity contribution in [3.05, 3.63) is 96.3 Å². The lowest BCUT2D eigenvalue weighted by Crippen LogP contribution is -2.33. The van der Waals surface area contributed by atoms with Gasteiger partial charge in [-0.3, -0.25) is 10.3 Å². The number of hydrogen-bond acceptors (Lipinski definition) is 3. The van der Waals surface area contributed by atoms with E-state index in [1.54, 1.807) is 18.2 Å². The normalized spacial score (nSPS) is 19.1. The van der Waals surface area contributed by atoms with Gasteiger partial charge >= 0.3 is 0 Å². The number of benzene rings is 3. The summed E-state index contributed by atoms with van der Waals surface area (Å²) in [5.74, 6) is 0.240. The first-order chi connectivity index (χ1) is 13.9. The van der Waals surface area contributed by atoms with Crippen LogP contribution in [-0.2, 0) is 0 Å². The summed E-state index contributed by atoms with van der Waals surface area (Å²) < 4.78 is 1.91. The number of nitrogens with zero attached hydrogens (tertiary/aromatic N) is 1. The third-order valence-corrected chi connectivity index (χ3v) is 6.43. The second-order valence-corrected chi connectivity index (χ2v) is 9.45. The van der Waals surface area contributed by atoms with Gasteiger partial charge in [0.05, 0.1) is 0 Å². The van der Waals surface area contributed by atoms with Crippen molar-refractivity contribution in [2.75, 3.05) is 0 Å². The number of phenols is 1. The van der Waals surface area contributed by atoms with Crippen molar-refractivity contribution >= 4 is 60.8 Å². The Bertz CT molecular complexity index is 1090. The summed E-state index contributed by atoms with van der Waals surface area (Å²) >= 11 is 19.5. The smallest absolute Gasteiger partial charge is 0.127 e. The van der Waals surface area contributed by atoms with E-state index in [1.807, 2.05) is 42.5 Å². The standard InChI is InChI=1S/C22H16Br2Cl2N2O/c23-13-3-1-12(2-4-13)19-11-20(17-9-14(24)5-8-21(17)29)28-22(27-19)16-7-6-15(25)10-18(16)26/h1-10,20,22,28-29H,11H2. The highest BCUT2D eigenvalue weighted by Crippen LogP contribution is 2.37. The Morgan fingerprint density at radius 1 is 0.897 bits per heavy atom. The van der Waals surface area contributed by atoms with Crippen LogP contribution >= 0.6 is 55.1 Å². The zero-order chi connectivity index (χ0) is 20.5. The van der Waals surface area contributed by atoms with Crippen LogP contribution in [0.2, 0.25) is 10.0 Å². The first-order valence-electron chi connectivity index (χ1n) is 8.93. The van der Waals surface area contributed by atoms with Gasteiger partial charge in [-0.2, -0.15) is 0 Å². The van der Waals surface area contributed by atoms with Crippen molar-refractivity contribution in [1.82, 2.24) is 5.32 Å². The Morgan fingerprint density at radius 2 is 1.62 bits per heavy atom. The van der Waals surface area contributed by atoms with Crippen LogP contribution in [0.15, 0.2) is 74.6 Å². The summed E-state index contributed by atoms with van der Waals surface area (Å²) in [4.78, 5) is 4.94. The molecule has 0 bridgehead atoms. The van der Waals surface area contributed by atoms with Gasteiger partial charge in [-0.05, 0) is 48.0 Å². The predicted octanol–water partition coefficient (Wildman–Crippen LogP) is 7.45. The second-order valence-electron chi connectivity index (χ2n) is 6.78. The lowest BCUT2D eigenvalue weighted by Gasteiger charge is -2.31. The van der Waals surface area contributed by atoms with Crippen molar-refractivity contribution in [3.63, 3.8) is 0 Å². The second kappa shape index (κ2) is 8.78. The fourth-order valence-corrected chi connectivity index (χ4v) is 4.57. The molecular weight excluding hydrogens is 539 g/mol. The molecule has 148 valence electrons. The lowest BCUT2D eigenvalue weighted by molar-refractivity contribution is 0.412. The van der Waals surface area contributed by atoms with E-state index in [0.717, 1.165) is 31.3 Å². The highest BCUT2D eigenvalue weighted by Gasteiger charge is 2.28. The number of rotatable bonds is 3. The largest absolute Gasteiger partial charge is 0.508 e. The SMILES string of the molecule is Oc1ccc(Br)cc1C1CC(c2ccc(Br)cc2)=NC(c2ccc(Cl)cc2Cl)N1. The molecule has 1 aliphatic rings. The van der Waals surface area contributed by atoms with Gasteiger partial charge in [0.25, 0.3) is 0 Å². The molecule has 2 unspecified atom stereocenters. The minimum atomic E-state index is -0.365. The van der Waals surface area contributed by atoms with Crippen LogP contribution in [0.5, 0.6) is 5.75 Å².